The van der Waals surface area contributed by atoms with E-state index in [2.05, 4.69) is 4.99 Å². The van der Waals surface area contributed by atoms with Crippen molar-refractivity contribution in [2.75, 3.05) is 6.61 Å². The van der Waals surface area contributed by atoms with Crippen LogP contribution in [0, 0.1) is 0 Å². The van der Waals surface area contributed by atoms with Crippen molar-refractivity contribution in [1.29, 1.82) is 0 Å². The number of carbonyl (C=O) groups excluding carboxylic acids is 1. The summed E-state index contributed by atoms with van der Waals surface area (Å²) in [4.78, 5) is 16.2. The van der Waals surface area contributed by atoms with Crippen molar-refractivity contribution in [3.8, 4) is 5.75 Å². The van der Waals surface area contributed by atoms with Crippen LogP contribution in [0.4, 0.5) is 0 Å². The van der Waals surface area contributed by atoms with E-state index >= 15 is 0 Å². The second-order valence-electron chi connectivity index (χ2n) is 5.08. The van der Waals surface area contributed by atoms with Crippen LogP contribution in [-0.2, 0) is 9.53 Å². The van der Waals surface area contributed by atoms with Crippen LogP contribution in [0.25, 0.3) is 12.2 Å². The molecule has 2 aromatic rings. The molecule has 120 valence electrons. The smallest absolute Gasteiger partial charge is 0.363 e. The largest absolute Gasteiger partial charge is 0.493 e. The molecule has 2 aromatic carbocycles. The third-order valence-corrected chi connectivity index (χ3v) is 3.37. The first kappa shape index (κ1) is 15.7. The number of nitrogens with zero attached hydrogens (tertiary/aromatic N) is 1. The fourth-order valence-electron chi connectivity index (χ4n) is 2.26. The summed E-state index contributed by atoms with van der Waals surface area (Å²) in [5, 5.41) is 0. The summed E-state index contributed by atoms with van der Waals surface area (Å²) in [5.74, 6) is 0.529. The van der Waals surface area contributed by atoms with Crippen LogP contribution >= 0.6 is 0 Å². The topological polar surface area (TPSA) is 47.9 Å². The highest BCUT2D eigenvalue weighted by Crippen LogP contribution is 2.23. The molecule has 0 atom stereocenters. The third kappa shape index (κ3) is 3.79. The fourth-order valence-corrected chi connectivity index (χ4v) is 2.26. The molecule has 24 heavy (non-hydrogen) atoms. The molecular formula is C20H17NO3. The highest BCUT2D eigenvalue weighted by molar-refractivity contribution is 6.11. The number of ether oxygens (including phenoxy) is 2. The summed E-state index contributed by atoms with van der Waals surface area (Å²) in [6.45, 7) is 2.47. The van der Waals surface area contributed by atoms with Crippen LogP contribution < -0.4 is 4.74 Å². The summed E-state index contributed by atoms with van der Waals surface area (Å²) in [7, 11) is 0. The molecule has 0 N–H and O–H groups in total. The normalized spacial score (nSPS) is 15.6. The second kappa shape index (κ2) is 7.42. The third-order valence-electron chi connectivity index (χ3n) is 3.37. The molecule has 0 bridgehead atoms. The van der Waals surface area contributed by atoms with E-state index in [1.165, 1.54) is 0 Å². The van der Waals surface area contributed by atoms with Crippen molar-refractivity contribution in [3.63, 3.8) is 0 Å². The minimum atomic E-state index is -0.464. The van der Waals surface area contributed by atoms with E-state index in [0.29, 0.717) is 12.4 Å². The number of benzene rings is 2. The summed E-state index contributed by atoms with van der Waals surface area (Å²) in [6.07, 6.45) is 5.21. The molecule has 1 aliphatic rings. The van der Waals surface area contributed by atoms with Crippen molar-refractivity contribution in [3.05, 3.63) is 77.5 Å². The number of cyclic esters (lactones) is 1. The first-order valence-corrected chi connectivity index (χ1v) is 7.74. The predicted octanol–water partition coefficient (Wildman–Crippen LogP) is 4.09. The standard InChI is InChI=1S/C20H17NO3/c1-2-23-18-11-7-6-10-16(18)14-17-20(22)24-19(21-17)13-12-15-8-4-3-5-9-15/h3-14H,2H2,1H3. The number of rotatable bonds is 5. The summed E-state index contributed by atoms with van der Waals surface area (Å²) < 4.78 is 10.7. The van der Waals surface area contributed by atoms with E-state index in [1.54, 1.807) is 12.2 Å². The van der Waals surface area contributed by atoms with Crippen molar-refractivity contribution in [2.45, 2.75) is 6.92 Å². The fraction of sp³-hybridized carbons (Fsp3) is 0.100. The molecule has 0 unspecified atom stereocenters. The quantitative estimate of drug-likeness (QED) is 0.616. The first-order chi connectivity index (χ1) is 11.8. The maximum Gasteiger partial charge on any atom is 0.363 e. The van der Waals surface area contributed by atoms with Gasteiger partial charge in [-0.25, -0.2) is 9.79 Å². The molecule has 0 aliphatic carbocycles. The van der Waals surface area contributed by atoms with Crippen LogP contribution in [-0.4, -0.2) is 18.5 Å². The van der Waals surface area contributed by atoms with Gasteiger partial charge in [0.05, 0.1) is 6.61 Å². The van der Waals surface area contributed by atoms with Crippen molar-refractivity contribution >= 4 is 24.0 Å². The van der Waals surface area contributed by atoms with Gasteiger partial charge in [0.15, 0.2) is 5.70 Å². The molecule has 3 rings (SSSR count). The van der Waals surface area contributed by atoms with Gasteiger partial charge >= 0.3 is 5.97 Å². The molecule has 0 amide bonds. The lowest BCUT2D eigenvalue weighted by Gasteiger charge is -2.06. The van der Waals surface area contributed by atoms with Crippen LogP contribution in [0.2, 0.25) is 0 Å². The molecule has 0 saturated heterocycles. The average Bonchev–Trinajstić information content (AvgIpc) is 2.96. The zero-order valence-corrected chi connectivity index (χ0v) is 13.3. The molecule has 0 fully saturated rings. The summed E-state index contributed by atoms with van der Waals surface area (Å²) in [6, 6.07) is 17.3. The number of para-hydroxylation sites is 1. The van der Waals surface area contributed by atoms with E-state index < -0.39 is 5.97 Å². The van der Waals surface area contributed by atoms with Gasteiger partial charge in [-0.3, -0.25) is 0 Å². The number of aliphatic imine (C=N–C) groups is 1. The number of hydrogen-bond donors (Lipinski definition) is 0. The maximum absolute atomic E-state index is 12.0. The molecule has 1 heterocycles. The van der Waals surface area contributed by atoms with E-state index in [1.807, 2.05) is 67.6 Å². The minimum Gasteiger partial charge on any atom is -0.493 e. The lowest BCUT2D eigenvalue weighted by atomic mass is 10.1. The van der Waals surface area contributed by atoms with Gasteiger partial charge < -0.3 is 9.47 Å². The zero-order chi connectivity index (χ0) is 16.8. The molecular weight excluding hydrogens is 302 g/mol. The van der Waals surface area contributed by atoms with Gasteiger partial charge in [0.25, 0.3) is 0 Å². The Kier molecular flexibility index (Phi) is 4.87. The van der Waals surface area contributed by atoms with E-state index in [0.717, 1.165) is 11.1 Å². The molecule has 4 heteroatoms. The first-order valence-electron chi connectivity index (χ1n) is 7.74. The Balaban J connectivity index is 1.83. The van der Waals surface area contributed by atoms with E-state index in [-0.39, 0.29) is 11.6 Å². The van der Waals surface area contributed by atoms with Crippen LogP contribution in [0.15, 0.2) is 71.4 Å². The monoisotopic (exact) mass is 319 g/mol. The van der Waals surface area contributed by atoms with E-state index in [4.69, 9.17) is 9.47 Å². The van der Waals surface area contributed by atoms with Crippen molar-refractivity contribution in [2.24, 2.45) is 4.99 Å². The number of hydrogen-bond acceptors (Lipinski definition) is 4. The van der Waals surface area contributed by atoms with Crippen molar-refractivity contribution < 1.29 is 14.3 Å². The SMILES string of the molecule is CCOc1ccccc1C=C1N=C(C=Cc2ccccc2)OC1=O. The van der Waals surface area contributed by atoms with E-state index in [9.17, 15) is 4.79 Å². The lowest BCUT2D eigenvalue weighted by molar-refractivity contribution is -0.129. The maximum atomic E-state index is 12.0. The zero-order valence-electron chi connectivity index (χ0n) is 13.3. The van der Waals surface area contributed by atoms with Gasteiger partial charge in [-0.05, 0) is 30.7 Å². The Bertz CT molecular complexity index is 820. The number of carbonyl (C=O) groups is 1. The van der Waals surface area contributed by atoms with Crippen LogP contribution in [0.1, 0.15) is 18.1 Å². The van der Waals surface area contributed by atoms with Gasteiger partial charge in [0.2, 0.25) is 5.90 Å². The summed E-state index contributed by atoms with van der Waals surface area (Å²) in [5.41, 5.74) is 2.06. The van der Waals surface area contributed by atoms with Crippen molar-refractivity contribution in [1.82, 2.24) is 0 Å². The van der Waals surface area contributed by atoms with Gasteiger partial charge in [0.1, 0.15) is 5.75 Å². The predicted molar refractivity (Wildman–Crippen MR) is 94.6 cm³/mol. The Hall–Kier alpha value is -3.14. The Morgan fingerprint density at radius 3 is 2.58 bits per heavy atom. The molecule has 0 saturated carbocycles. The Morgan fingerprint density at radius 2 is 1.79 bits per heavy atom. The highest BCUT2D eigenvalue weighted by atomic mass is 16.6. The van der Waals surface area contributed by atoms with Gasteiger partial charge in [-0.15, -0.1) is 0 Å². The van der Waals surface area contributed by atoms with Crippen LogP contribution in [0.5, 0.6) is 5.75 Å². The lowest BCUT2D eigenvalue weighted by Crippen LogP contribution is -2.01. The summed E-state index contributed by atoms with van der Waals surface area (Å²) >= 11 is 0. The van der Waals surface area contributed by atoms with Gasteiger partial charge in [-0.1, -0.05) is 48.5 Å². The Labute approximate surface area is 140 Å². The average molecular weight is 319 g/mol. The molecule has 0 radical (unpaired) electrons. The molecule has 1 aliphatic heterocycles. The molecule has 0 aromatic heterocycles. The Morgan fingerprint density at radius 1 is 1.04 bits per heavy atom. The van der Waals surface area contributed by atoms with Gasteiger partial charge in [0, 0.05) is 11.6 Å². The second-order valence-corrected chi connectivity index (χ2v) is 5.08. The minimum absolute atomic E-state index is 0.259. The molecule has 0 spiro atoms. The van der Waals surface area contributed by atoms with Crippen LogP contribution in [0.3, 0.4) is 0 Å². The molecule has 4 nitrogen and oxygen atoms in total. The number of esters is 1. The highest BCUT2D eigenvalue weighted by Gasteiger charge is 2.21. The van der Waals surface area contributed by atoms with Gasteiger partial charge in [-0.2, -0.15) is 0 Å².